The Hall–Kier alpha value is -2.81. The topological polar surface area (TPSA) is 42.3 Å². The van der Waals surface area contributed by atoms with Crippen molar-refractivity contribution in [3.05, 3.63) is 76.3 Å². The fourth-order valence-electron chi connectivity index (χ4n) is 4.24. The molecule has 0 atom stereocenters. The van der Waals surface area contributed by atoms with Crippen LogP contribution in [0.3, 0.4) is 0 Å². The van der Waals surface area contributed by atoms with Crippen molar-refractivity contribution in [2.75, 3.05) is 0 Å². The number of aromatic nitrogens is 1. The predicted octanol–water partition coefficient (Wildman–Crippen LogP) is 6.89. The van der Waals surface area contributed by atoms with Gasteiger partial charge in [0.15, 0.2) is 0 Å². The molecule has 0 bridgehead atoms. The van der Waals surface area contributed by atoms with Crippen molar-refractivity contribution in [3.63, 3.8) is 0 Å². The molecule has 2 aromatic carbocycles. The third-order valence-corrected chi connectivity index (χ3v) is 5.72. The van der Waals surface area contributed by atoms with Gasteiger partial charge in [-0.15, -0.1) is 4.91 Å². The van der Waals surface area contributed by atoms with Gasteiger partial charge in [-0.3, -0.25) is 4.98 Å². The zero-order valence-electron chi connectivity index (χ0n) is 17.0. The summed E-state index contributed by atoms with van der Waals surface area (Å²) < 4.78 is 0. The zero-order valence-corrected chi connectivity index (χ0v) is 17.0. The van der Waals surface area contributed by atoms with E-state index in [0.29, 0.717) is 5.92 Å². The van der Waals surface area contributed by atoms with Crippen LogP contribution < -0.4 is 0 Å². The van der Waals surface area contributed by atoms with Crippen LogP contribution in [0.5, 0.6) is 0 Å². The Bertz CT molecular complexity index is 1090. The second-order valence-corrected chi connectivity index (χ2v) is 8.40. The number of benzene rings is 2. The van der Waals surface area contributed by atoms with Crippen molar-refractivity contribution in [1.82, 2.24) is 4.98 Å². The van der Waals surface area contributed by atoms with E-state index in [0.717, 1.165) is 40.4 Å². The molecule has 0 N–H and O–H groups in total. The minimum absolute atomic E-state index is 0.496. The summed E-state index contributed by atoms with van der Waals surface area (Å²) in [6.45, 7) is 8.21. The van der Waals surface area contributed by atoms with Crippen molar-refractivity contribution >= 4 is 16.3 Å². The largest absolute Gasteiger partial charge is 0.252 e. The molecule has 0 amide bonds. The van der Waals surface area contributed by atoms with E-state index in [4.69, 9.17) is 4.98 Å². The van der Waals surface area contributed by atoms with Gasteiger partial charge in [0.05, 0.1) is 5.69 Å². The Kier molecular flexibility index (Phi) is 4.62. The molecule has 4 rings (SSSR count). The minimum Gasteiger partial charge on any atom is -0.252 e. The van der Waals surface area contributed by atoms with Crippen LogP contribution in [-0.4, -0.2) is 4.98 Å². The van der Waals surface area contributed by atoms with E-state index >= 15 is 0 Å². The summed E-state index contributed by atoms with van der Waals surface area (Å²) in [5.41, 5.74) is 6.02. The highest BCUT2D eigenvalue weighted by molar-refractivity contribution is 5.99. The summed E-state index contributed by atoms with van der Waals surface area (Å²) in [4.78, 5) is 16.6. The van der Waals surface area contributed by atoms with Crippen LogP contribution in [0.4, 0.5) is 0 Å². The predicted molar refractivity (Wildman–Crippen MR) is 117 cm³/mol. The molecule has 1 aliphatic rings. The first-order chi connectivity index (χ1) is 13.4. The molecule has 3 aromatic rings. The van der Waals surface area contributed by atoms with E-state index < -0.39 is 5.54 Å². The third-order valence-electron chi connectivity index (χ3n) is 5.72. The van der Waals surface area contributed by atoms with Gasteiger partial charge in [0.2, 0.25) is 0 Å². The van der Waals surface area contributed by atoms with E-state index in [1.54, 1.807) is 0 Å². The summed E-state index contributed by atoms with van der Waals surface area (Å²) in [5.74, 6) is 0.496. The number of pyridine rings is 1. The van der Waals surface area contributed by atoms with Crippen LogP contribution in [0.1, 0.15) is 50.9 Å². The van der Waals surface area contributed by atoms with E-state index in [-0.39, 0.29) is 0 Å². The maximum atomic E-state index is 11.5. The number of nitrogens with zero attached hydrogens (tertiary/aromatic N) is 2. The fraction of sp³-hybridized carbons (Fsp3) is 0.320. The molecule has 0 unspecified atom stereocenters. The number of hydrogen-bond donors (Lipinski definition) is 0. The number of allylic oxidation sites excluding steroid dienone is 2. The molecule has 0 saturated carbocycles. The van der Waals surface area contributed by atoms with Gasteiger partial charge in [-0.05, 0) is 66.1 Å². The van der Waals surface area contributed by atoms with Crippen molar-refractivity contribution in [2.24, 2.45) is 11.1 Å². The quantitative estimate of drug-likeness (QED) is 0.469. The van der Waals surface area contributed by atoms with Crippen LogP contribution >= 0.6 is 0 Å². The first kappa shape index (κ1) is 18.5. The molecule has 0 spiro atoms. The summed E-state index contributed by atoms with van der Waals surface area (Å²) in [6.07, 6.45) is 4.36. The van der Waals surface area contributed by atoms with Crippen LogP contribution in [0.2, 0.25) is 0 Å². The Labute approximate surface area is 166 Å². The van der Waals surface area contributed by atoms with Crippen molar-refractivity contribution < 1.29 is 0 Å². The second kappa shape index (κ2) is 6.97. The standard InChI is InChI=1S/C25H26N2O/c1-16(2)18-10-7-13-22-19(18)14-15-23(26-22)20-11-5-8-17-9-6-12-21(24(17)20)25(3,4)27-28/h5-6,8-12,14-16H,7,13H2,1-4H3. The zero-order chi connectivity index (χ0) is 19.9. The molecule has 28 heavy (non-hydrogen) atoms. The number of hydrogen-bond acceptors (Lipinski definition) is 3. The normalized spacial score (nSPS) is 14.1. The molecule has 1 heterocycles. The van der Waals surface area contributed by atoms with E-state index in [2.05, 4.69) is 61.5 Å². The molecule has 0 aliphatic heterocycles. The molecule has 0 fully saturated rings. The SMILES string of the molecule is CC(C)C1=CCCc2nc(-c3cccc4cccc(C(C)(C)N=O)c34)ccc21. The molecular formula is C25H26N2O. The number of nitroso groups, excluding NO2 is 1. The lowest BCUT2D eigenvalue weighted by atomic mass is 9.85. The lowest BCUT2D eigenvalue weighted by Crippen LogP contribution is -2.13. The van der Waals surface area contributed by atoms with Gasteiger partial charge in [-0.25, -0.2) is 0 Å². The van der Waals surface area contributed by atoms with Gasteiger partial charge in [0.1, 0.15) is 5.54 Å². The lowest BCUT2D eigenvalue weighted by Gasteiger charge is -2.22. The first-order valence-electron chi connectivity index (χ1n) is 10.00. The van der Waals surface area contributed by atoms with Gasteiger partial charge >= 0.3 is 0 Å². The number of aryl methyl sites for hydroxylation is 1. The fourth-order valence-corrected chi connectivity index (χ4v) is 4.24. The van der Waals surface area contributed by atoms with Crippen LogP contribution in [0.15, 0.2) is 59.8 Å². The average Bonchev–Trinajstić information content (AvgIpc) is 2.71. The van der Waals surface area contributed by atoms with Crippen molar-refractivity contribution in [1.29, 1.82) is 0 Å². The lowest BCUT2D eigenvalue weighted by molar-refractivity contribution is 0.558. The number of fused-ring (bicyclic) bond motifs is 2. The molecule has 142 valence electrons. The number of rotatable bonds is 4. The minimum atomic E-state index is -0.794. The van der Waals surface area contributed by atoms with Gasteiger partial charge in [0.25, 0.3) is 0 Å². The van der Waals surface area contributed by atoms with E-state index in [9.17, 15) is 4.91 Å². The van der Waals surface area contributed by atoms with Gasteiger partial charge < -0.3 is 0 Å². The van der Waals surface area contributed by atoms with Crippen molar-refractivity contribution in [3.8, 4) is 11.3 Å². The highest BCUT2D eigenvalue weighted by Gasteiger charge is 2.25. The highest BCUT2D eigenvalue weighted by atomic mass is 16.3. The van der Waals surface area contributed by atoms with Gasteiger partial charge in [0, 0.05) is 11.3 Å². The molecule has 0 radical (unpaired) electrons. The first-order valence-corrected chi connectivity index (χ1v) is 10.00. The summed E-state index contributed by atoms with van der Waals surface area (Å²) in [6, 6.07) is 16.7. The maximum Gasteiger partial charge on any atom is 0.122 e. The Morgan fingerprint density at radius 1 is 1.00 bits per heavy atom. The van der Waals surface area contributed by atoms with Gasteiger partial charge in [-0.1, -0.05) is 67.6 Å². The third kappa shape index (κ3) is 3.05. The smallest absolute Gasteiger partial charge is 0.122 e. The second-order valence-electron chi connectivity index (χ2n) is 8.40. The summed E-state index contributed by atoms with van der Waals surface area (Å²) in [7, 11) is 0. The maximum absolute atomic E-state index is 11.5. The van der Waals surface area contributed by atoms with Crippen LogP contribution in [0, 0.1) is 10.8 Å². The van der Waals surface area contributed by atoms with E-state index in [1.807, 2.05) is 26.0 Å². The molecule has 1 aliphatic carbocycles. The average molecular weight is 370 g/mol. The molecule has 0 saturated heterocycles. The van der Waals surface area contributed by atoms with Crippen molar-refractivity contribution in [2.45, 2.75) is 46.1 Å². The molecule has 3 nitrogen and oxygen atoms in total. The van der Waals surface area contributed by atoms with Crippen LogP contribution in [0.25, 0.3) is 27.6 Å². The Balaban J connectivity index is 1.94. The summed E-state index contributed by atoms with van der Waals surface area (Å²) in [5, 5.41) is 5.57. The van der Waals surface area contributed by atoms with Crippen LogP contribution in [-0.2, 0) is 12.0 Å². The molecule has 3 heteroatoms. The van der Waals surface area contributed by atoms with E-state index in [1.165, 1.54) is 16.8 Å². The highest BCUT2D eigenvalue weighted by Crippen LogP contribution is 2.38. The molecule has 1 aromatic heterocycles. The summed E-state index contributed by atoms with van der Waals surface area (Å²) >= 11 is 0. The monoisotopic (exact) mass is 370 g/mol. The Morgan fingerprint density at radius 3 is 2.46 bits per heavy atom. The molecular weight excluding hydrogens is 344 g/mol. The van der Waals surface area contributed by atoms with Gasteiger partial charge in [-0.2, -0.15) is 0 Å². The Morgan fingerprint density at radius 2 is 1.75 bits per heavy atom.